The number of carbonyl (C=O) groups excluding carboxylic acids is 2. The Morgan fingerprint density at radius 1 is 1.39 bits per heavy atom. The largest absolute Gasteiger partial charge is 0.405 e. The molecule has 0 bridgehead atoms. The molecular weight excluding hydrogens is 321 g/mol. The Morgan fingerprint density at radius 3 is 2.57 bits per heavy atom. The number of hydrogen-bond acceptors (Lipinski definition) is 5. The summed E-state index contributed by atoms with van der Waals surface area (Å²) in [5.74, 6) is -1.43. The van der Waals surface area contributed by atoms with Crippen LogP contribution in [0, 0.1) is 0 Å². The van der Waals surface area contributed by atoms with Gasteiger partial charge in [0.1, 0.15) is 12.4 Å². The second kappa shape index (κ2) is 8.56. The van der Waals surface area contributed by atoms with E-state index >= 15 is 0 Å². The van der Waals surface area contributed by atoms with Crippen LogP contribution >= 0.6 is 0 Å². The Labute approximate surface area is 130 Å². The summed E-state index contributed by atoms with van der Waals surface area (Å²) in [6, 6.07) is 0. The smallest absolute Gasteiger partial charge is 0.384 e. The third-order valence-electron chi connectivity index (χ3n) is 2.86. The predicted octanol–water partition coefficient (Wildman–Crippen LogP) is -0.409. The minimum absolute atomic E-state index is 0.169. The highest BCUT2D eigenvalue weighted by molar-refractivity contribution is 5.98. The number of alkyl halides is 3. The molecule has 0 radical (unpaired) electrons. The number of nitrogens with one attached hydrogen (secondary N) is 1. The van der Waals surface area contributed by atoms with Crippen molar-refractivity contribution in [3.63, 3.8) is 0 Å². The van der Waals surface area contributed by atoms with E-state index in [1.54, 1.807) is 10.2 Å². The second-order valence-electron chi connectivity index (χ2n) is 4.83. The van der Waals surface area contributed by atoms with E-state index in [9.17, 15) is 22.8 Å². The molecule has 1 aliphatic rings. The SMILES string of the molecule is C[C@@H](O/N=C(\N)CC(=O)N1CCOCC1)C(=O)NCC(F)(F)F. The van der Waals surface area contributed by atoms with Gasteiger partial charge in [0.2, 0.25) is 12.0 Å². The lowest BCUT2D eigenvalue weighted by Gasteiger charge is -2.26. The molecule has 23 heavy (non-hydrogen) atoms. The van der Waals surface area contributed by atoms with Crippen molar-refractivity contribution in [2.24, 2.45) is 10.9 Å². The molecule has 11 heteroatoms. The molecule has 2 amide bonds. The van der Waals surface area contributed by atoms with Gasteiger partial charge in [-0.3, -0.25) is 9.59 Å². The Morgan fingerprint density at radius 2 is 2.00 bits per heavy atom. The molecule has 0 unspecified atom stereocenters. The van der Waals surface area contributed by atoms with Gasteiger partial charge in [-0.15, -0.1) is 0 Å². The van der Waals surface area contributed by atoms with Crippen molar-refractivity contribution in [2.45, 2.75) is 25.6 Å². The lowest BCUT2D eigenvalue weighted by molar-refractivity contribution is -0.145. The number of rotatable bonds is 6. The molecule has 8 nitrogen and oxygen atoms in total. The molecule has 0 aromatic carbocycles. The number of nitrogens with two attached hydrogens (primary N) is 1. The second-order valence-corrected chi connectivity index (χ2v) is 4.83. The molecule has 0 aromatic rings. The molecule has 0 spiro atoms. The van der Waals surface area contributed by atoms with Gasteiger partial charge in [-0.2, -0.15) is 13.2 Å². The highest BCUT2D eigenvalue weighted by Gasteiger charge is 2.29. The normalized spacial score (nSPS) is 17.6. The van der Waals surface area contributed by atoms with Gasteiger partial charge in [0.05, 0.1) is 19.6 Å². The monoisotopic (exact) mass is 340 g/mol. The van der Waals surface area contributed by atoms with Crippen molar-refractivity contribution in [3.8, 4) is 0 Å². The fourth-order valence-electron chi connectivity index (χ4n) is 1.64. The lowest BCUT2D eigenvalue weighted by Crippen LogP contribution is -2.42. The van der Waals surface area contributed by atoms with Crippen LogP contribution in [-0.4, -0.2) is 67.7 Å². The van der Waals surface area contributed by atoms with Gasteiger partial charge < -0.3 is 25.5 Å². The van der Waals surface area contributed by atoms with Crippen molar-refractivity contribution in [2.75, 3.05) is 32.8 Å². The van der Waals surface area contributed by atoms with Gasteiger partial charge in [-0.25, -0.2) is 0 Å². The van der Waals surface area contributed by atoms with Crippen molar-refractivity contribution >= 4 is 17.6 Å². The zero-order valence-corrected chi connectivity index (χ0v) is 12.6. The quantitative estimate of drug-likeness (QED) is 0.388. The van der Waals surface area contributed by atoms with Gasteiger partial charge in [0.15, 0.2) is 0 Å². The summed E-state index contributed by atoms with van der Waals surface area (Å²) in [6.45, 7) is 1.53. The molecule has 1 heterocycles. The summed E-state index contributed by atoms with van der Waals surface area (Å²) >= 11 is 0. The molecule has 0 aromatic heterocycles. The van der Waals surface area contributed by atoms with Crippen LogP contribution in [0.1, 0.15) is 13.3 Å². The summed E-state index contributed by atoms with van der Waals surface area (Å²) in [4.78, 5) is 29.4. The summed E-state index contributed by atoms with van der Waals surface area (Å²) in [5.41, 5.74) is 5.51. The number of carbonyl (C=O) groups is 2. The van der Waals surface area contributed by atoms with Crippen LogP contribution in [-0.2, 0) is 19.2 Å². The van der Waals surface area contributed by atoms with Crippen molar-refractivity contribution < 1.29 is 32.3 Å². The highest BCUT2D eigenvalue weighted by atomic mass is 19.4. The maximum Gasteiger partial charge on any atom is 0.405 e. The zero-order valence-electron chi connectivity index (χ0n) is 12.6. The Balaban J connectivity index is 2.36. The van der Waals surface area contributed by atoms with Crippen LogP contribution in [0.15, 0.2) is 5.16 Å². The Hall–Kier alpha value is -2.04. The van der Waals surface area contributed by atoms with Crippen LogP contribution in [0.3, 0.4) is 0 Å². The first-order valence-electron chi connectivity index (χ1n) is 6.87. The van der Waals surface area contributed by atoms with E-state index in [0.29, 0.717) is 26.3 Å². The summed E-state index contributed by atoms with van der Waals surface area (Å²) in [5, 5.41) is 5.05. The van der Waals surface area contributed by atoms with Crippen LogP contribution < -0.4 is 11.1 Å². The molecule has 3 N–H and O–H groups in total. The van der Waals surface area contributed by atoms with Crippen LogP contribution in [0.25, 0.3) is 0 Å². The lowest BCUT2D eigenvalue weighted by atomic mass is 10.3. The third-order valence-corrected chi connectivity index (χ3v) is 2.86. The molecule has 132 valence electrons. The fraction of sp³-hybridized carbons (Fsp3) is 0.750. The summed E-state index contributed by atoms with van der Waals surface area (Å²) in [7, 11) is 0. The fourth-order valence-corrected chi connectivity index (χ4v) is 1.64. The van der Waals surface area contributed by atoms with E-state index in [1.807, 2.05) is 0 Å². The van der Waals surface area contributed by atoms with Crippen molar-refractivity contribution in [1.82, 2.24) is 10.2 Å². The maximum absolute atomic E-state index is 12.0. The van der Waals surface area contributed by atoms with Gasteiger partial charge in [0, 0.05) is 13.1 Å². The van der Waals surface area contributed by atoms with E-state index < -0.39 is 24.7 Å². The number of oxime groups is 1. The van der Waals surface area contributed by atoms with Gasteiger partial charge in [-0.05, 0) is 6.92 Å². The third kappa shape index (κ3) is 7.68. The van der Waals surface area contributed by atoms with E-state index in [0.717, 1.165) is 0 Å². The summed E-state index contributed by atoms with van der Waals surface area (Å²) < 4.78 is 41.0. The van der Waals surface area contributed by atoms with Crippen molar-refractivity contribution in [3.05, 3.63) is 0 Å². The molecule has 1 saturated heterocycles. The van der Waals surface area contributed by atoms with Crippen molar-refractivity contribution in [1.29, 1.82) is 0 Å². The molecule has 1 aliphatic heterocycles. The van der Waals surface area contributed by atoms with E-state index in [-0.39, 0.29) is 18.2 Å². The minimum atomic E-state index is -4.51. The van der Waals surface area contributed by atoms with Crippen LogP contribution in [0.2, 0.25) is 0 Å². The number of amidine groups is 1. The van der Waals surface area contributed by atoms with Crippen LogP contribution in [0.5, 0.6) is 0 Å². The standard InChI is InChI=1S/C12H19F3N4O4/c1-8(11(21)17-7-12(13,14)15)23-18-9(16)6-10(20)19-2-4-22-5-3-19/h8H,2-7H2,1H3,(H2,16,18)(H,17,21)/t8-/m1/s1. The first kappa shape index (κ1) is 19.0. The average molecular weight is 340 g/mol. The topological polar surface area (TPSA) is 106 Å². The van der Waals surface area contributed by atoms with Gasteiger partial charge in [0.25, 0.3) is 5.91 Å². The molecule has 1 fully saturated rings. The number of amides is 2. The maximum atomic E-state index is 12.0. The number of ether oxygens (including phenoxy) is 1. The number of nitrogens with zero attached hydrogens (tertiary/aromatic N) is 2. The molecule has 1 rings (SSSR count). The van der Waals surface area contributed by atoms with Gasteiger partial charge in [-0.1, -0.05) is 5.16 Å². The minimum Gasteiger partial charge on any atom is -0.384 e. The number of morpholine rings is 1. The van der Waals surface area contributed by atoms with Crippen LogP contribution in [0.4, 0.5) is 13.2 Å². The molecular formula is C12H19F3N4O4. The molecule has 1 atom stereocenters. The molecule has 0 saturated carbocycles. The van der Waals surface area contributed by atoms with E-state index in [4.69, 9.17) is 15.3 Å². The highest BCUT2D eigenvalue weighted by Crippen LogP contribution is 2.12. The van der Waals surface area contributed by atoms with E-state index in [1.165, 1.54) is 6.92 Å². The Kier molecular flexibility index (Phi) is 7.07. The molecule has 0 aliphatic carbocycles. The zero-order chi connectivity index (χ0) is 17.5. The van der Waals surface area contributed by atoms with Gasteiger partial charge >= 0.3 is 6.18 Å². The number of hydrogen-bond donors (Lipinski definition) is 2. The predicted molar refractivity (Wildman–Crippen MR) is 73.3 cm³/mol. The summed E-state index contributed by atoms with van der Waals surface area (Å²) in [6.07, 6.45) is -5.99. The first-order chi connectivity index (χ1) is 10.7. The van der Waals surface area contributed by atoms with E-state index in [2.05, 4.69) is 5.16 Å². The first-order valence-corrected chi connectivity index (χ1v) is 6.87. The number of halogens is 3. The average Bonchev–Trinajstić information content (AvgIpc) is 2.50. The Bertz CT molecular complexity index is 450.